The van der Waals surface area contributed by atoms with Crippen LogP contribution in [0, 0.1) is 0 Å². The number of benzene rings is 2. The summed E-state index contributed by atoms with van der Waals surface area (Å²) in [5, 5.41) is 10.6. The van der Waals surface area contributed by atoms with Gasteiger partial charge in [-0.1, -0.05) is 18.2 Å². The Balaban J connectivity index is 1.88. The number of hydrogen-bond acceptors (Lipinski definition) is 6. The minimum Gasteiger partial charge on any atom is -0.502 e. The number of nitrogens with zero attached hydrogens (tertiary/aromatic N) is 1. The van der Waals surface area contributed by atoms with Crippen molar-refractivity contribution in [1.29, 1.82) is 0 Å². The average Bonchev–Trinajstić information content (AvgIpc) is 2.69. The van der Waals surface area contributed by atoms with Gasteiger partial charge in [-0.25, -0.2) is 0 Å². The Morgan fingerprint density at radius 2 is 1.90 bits per heavy atom. The van der Waals surface area contributed by atoms with E-state index < -0.39 is 11.2 Å². The van der Waals surface area contributed by atoms with Crippen LogP contribution >= 0.6 is 0 Å². The standard InChI is InChI=1S/C23H26N2O4/c1-15(24)12-13-28-18-9-10-19-21(14-18)29-20(23(27)22(19)26)11-6-16-4-7-17(8-5-16)25(2)3/h4-11,14-15,27H,12-13,24H2,1-3H3/b11-6+. The van der Waals surface area contributed by atoms with E-state index in [1.807, 2.05) is 50.2 Å². The first-order valence-corrected chi connectivity index (χ1v) is 9.49. The first-order chi connectivity index (χ1) is 13.8. The van der Waals surface area contributed by atoms with Crippen molar-refractivity contribution in [1.82, 2.24) is 0 Å². The zero-order valence-corrected chi connectivity index (χ0v) is 16.9. The van der Waals surface area contributed by atoms with Gasteiger partial charge in [0.1, 0.15) is 11.3 Å². The molecule has 1 aromatic heterocycles. The second-order valence-corrected chi connectivity index (χ2v) is 7.24. The first-order valence-electron chi connectivity index (χ1n) is 9.49. The highest BCUT2D eigenvalue weighted by Gasteiger charge is 2.12. The van der Waals surface area contributed by atoms with Gasteiger partial charge in [0.2, 0.25) is 11.2 Å². The Morgan fingerprint density at radius 1 is 1.17 bits per heavy atom. The maximum atomic E-state index is 12.5. The first kappa shape index (κ1) is 20.5. The van der Waals surface area contributed by atoms with Gasteiger partial charge in [0.25, 0.3) is 0 Å². The molecule has 152 valence electrons. The minimum atomic E-state index is -0.476. The summed E-state index contributed by atoms with van der Waals surface area (Å²) >= 11 is 0. The summed E-state index contributed by atoms with van der Waals surface area (Å²) in [4.78, 5) is 14.5. The molecule has 0 aliphatic carbocycles. The molecule has 3 N–H and O–H groups in total. The van der Waals surface area contributed by atoms with Crippen molar-refractivity contribution >= 4 is 28.8 Å². The maximum absolute atomic E-state index is 12.5. The molecular weight excluding hydrogens is 368 g/mol. The summed E-state index contributed by atoms with van der Waals surface area (Å²) in [6, 6.07) is 12.9. The van der Waals surface area contributed by atoms with Gasteiger partial charge in [0.05, 0.1) is 12.0 Å². The lowest BCUT2D eigenvalue weighted by molar-refractivity contribution is 0.301. The molecule has 0 spiro atoms. The van der Waals surface area contributed by atoms with E-state index in [1.165, 1.54) is 0 Å². The third-order valence-electron chi connectivity index (χ3n) is 4.54. The molecule has 1 heterocycles. The van der Waals surface area contributed by atoms with Gasteiger partial charge in [0.15, 0.2) is 5.76 Å². The van der Waals surface area contributed by atoms with E-state index in [0.717, 1.165) is 17.7 Å². The summed E-state index contributed by atoms with van der Waals surface area (Å²) in [5.41, 5.74) is 7.61. The highest BCUT2D eigenvalue weighted by atomic mass is 16.5. The van der Waals surface area contributed by atoms with Gasteiger partial charge in [-0.05, 0) is 49.2 Å². The Bertz CT molecular complexity index is 1070. The highest BCUT2D eigenvalue weighted by Crippen LogP contribution is 2.25. The van der Waals surface area contributed by atoms with Crippen LogP contribution in [0.2, 0.25) is 0 Å². The molecule has 0 fully saturated rings. The number of fused-ring (bicyclic) bond motifs is 1. The van der Waals surface area contributed by atoms with Crippen molar-refractivity contribution in [2.75, 3.05) is 25.6 Å². The SMILES string of the molecule is CC(N)CCOc1ccc2c(=O)c(O)c(/C=C/c3ccc(N(C)C)cc3)oc2c1. The zero-order valence-electron chi connectivity index (χ0n) is 16.9. The van der Waals surface area contributed by atoms with Crippen molar-refractivity contribution < 1.29 is 14.3 Å². The van der Waals surface area contributed by atoms with E-state index in [-0.39, 0.29) is 11.8 Å². The van der Waals surface area contributed by atoms with E-state index in [9.17, 15) is 9.90 Å². The normalized spacial score (nSPS) is 12.4. The van der Waals surface area contributed by atoms with E-state index in [1.54, 1.807) is 30.4 Å². The lowest BCUT2D eigenvalue weighted by Crippen LogP contribution is -2.18. The number of aromatic hydroxyl groups is 1. The molecule has 0 saturated carbocycles. The predicted molar refractivity (Wildman–Crippen MR) is 118 cm³/mol. The average molecular weight is 394 g/mol. The summed E-state index contributed by atoms with van der Waals surface area (Å²) < 4.78 is 11.4. The van der Waals surface area contributed by atoms with Crippen LogP contribution in [-0.2, 0) is 0 Å². The molecule has 0 saturated heterocycles. The lowest BCUT2D eigenvalue weighted by atomic mass is 10.1. The largest absolute Gasteiger partial charge is 0.502 e. The Morgan fingerprint density at radius 3 is 2.55 bits per heavy atom. The molecular formula is C23H26N2O4. The quantitative estimate of drug-likeness (QED) is 0.633. The van der Waals surface area contributed by atoms with Crippen LogP contribution in [0.1, 0.15) is 24.7 Å². The van der Waals surface area contributed by atoms with Crippen LogP contribution in [0.4, 0.5) is 5.69 Å². The molecule has 0 amide bonds. The predicted octanol–water partition coefficient (Wildman–Crippen LogP) is 3.85. The molecule has 6 nitrogen and oxygen atoms in total. The number of anilines is 1. The zero-order chi connectivity index (χ0) is 21.0. The van der Waals surface area contributed by atoms with Gasteiger partial charge < -0.3 is 24.9 Å². The maximum Gasteiger partial charge on any atom is 0.235 e. The molecule has 0 aliphatic heterocycles. The minimum absolute atomic E-state index is 0.0499. The van der Waals surface area contributed by atoms with E-state index in [0.29, 0.717) is 23.3 Å². The van der Waals surface area contributed by atoms with Gasteiger partial charge in [0, 0.05) is 31.9 Å². The Hall–Kier alpha value is -3.25. The summed E-state index contributed by atoms with van der Waals surface area (Å²) in [7, 11) is 3.95. The second-order valence-electron chi connectivity index (χ2n) is 7.24. The topological polar surface area (TPSA) is 88.9 Å². The molecule has 29 heavy (non-hydrogen) atoms. The van der Waals surface area contributed by atoms with Gasteiger partial charge in [-0.2, -0.15) is 0 Å². The van der Waals surface area contributed by atoms with Crippen LogP contribution in [-0.4, -0.2) is 31.9 Å². The molecule has 6 heteroatoms. The molecule has 2 aromatic carbocycles. The summed E-state index contributed by atoms with van der Waals surface area (Å²) in [6.07, 6.45) is 4.09. The second kappa shape index (κ2) is 8.84. The van der Waals surface area contributed by atoms with Crippen LogP contribution in [0.25, 0.3) is 23.1 Å². The van der Waals surface area contributed by atoms with Crippen LogP contribution in [0.3, 0.4) is 0 Å². The van der Waals surface area contributed by atoms with Crippen molar-refractivity contribution in [3.63, 3.8) is 0 Å². The van der Waals surface area contributed by atoms with Crippen molar-refractivity contribution in [3.05, 3.63) is 64.0 Å². The highest BCUT2D eigenvalue weighted by molar-refractivity contribution is 5.82. The van der Waals surface area contributed by atoms with Gasteiger partial charge in [-0.15, -0.1) is 0 Å². The fraction of sp³-hybridized carbons (Fsp3) is 0.261. The van der Waals surface area contributed by atoms with Crippen LogP contribution in [0.15, 0.2) is 51.7 Å². The number of ether oxygens (including phenoxy) is 1. The van der Waals surface area contributed by atoms with Crippen molar-refractivity contribution in [2.24, 2.45) is 5.73 Å². The third kappa shape index (κ3) is 4.97. The van der Waals surface area contributed by atoms with Crippen molar-refractivity contribution in [3.8, 4) is 11.5 Å². The fourth-order valence-electron chi connectivity index (χ4n) is 2.80. The Kier molecular flexibility index (Phi) is 6.24. The fourth-order valence-corrected chi connectivity index (χ4v) is 2.80. The molecule has 1 unspecified atom stereocenters. The lowest BCUT2D eigenvalue weighted by Gasteiger charge is -2.11. The van der Waals surface area contributed by atoms with Crippen LogP contribution < -0.4 is 20.8 Å². The third-order valence-corrected chi connectivity index (χ3v) is 4.54. The molecule has 1 atom stereocenters. The molecule has 3 rings (SSSR count). The van der Waals surface area contributed by atoms with Gasteiger partial charge >= 0.3 is 0 Å². The number of nitrogens with two attached hydrogens (primary N) is 1. The molecule has 0 radical (unpaired) electrons. The molecule has 3 aromatic rings. The summed E-state index contributed by atoms with van der Waals surface area (Å²) in [6.45, 7) is 2.39. The van der Waals surface area contributed by atoms with E-state index >= 15 is 0 Å². The number of hydrogen-bond donors (Lipinski definition) is 2. The molecule has 0 bridgehead atoms. The summed E-state index contributed by atoms with van der Waals surface area (Å²) in [5.74, 6) is 0.275. The van der Waals surface area contributed by atoms with Gasteiger partial charge in [-0.3, -0.25) is 4.79 Å². The number of rotatable bonds is 7. The van der Waals surface area contributed by atoms with E-state index in [2.05, 4.69) is 0 Å². The van der Waals surface area contributed by atoms with E-state index in [4.69, 9.17) is 14.9 Å². The molecule has 0 aliphatic rings. The van der Waals surface area contributed by atoms with Crippen LogP contribution in [0.5, 0.6) is 11.5 Å². The smallest absolute Gasteiger partial charge is 0.235 e. The Labute approximate surface area is 169 Å². The monoisotopic (exact) mass is 394 g/mol. The van der Waals surface area contributed by atoms with Crippen molar-refractivity contribution in [2.45, 2.75) is 19.4 Å².